The summed E-state index contributed by atoms with van der Waals surface area (Å²) in [5.41, 5.74) is 6.17. The van der Waals surface area contributed by atoms with Gasteiger partial charge in [-0.05, 0) is 30.3 Å². The van der Waals surface area contributed by atoms with Gasteiger partial charge in [0.1, 0.15) is 11.6 Å². The first-order valence-corrected chi connectivity index (χ1v) is 5.78. The molecule has 0 unspecified atom stereocenters. The van der Waals surface area contributed by atoms with E-state index >= 15 is 0 Å². The lowest BCUT2D eigenvalue weighted by Crippen LogP contribution is -1.98. The molecule has 2 N–H and O–H groups in total. The summed E-state index contributed by atoms with van der Waals surface area (Å²) in [5.74, 6) is -0.899. The molecule has 0 aliphatic heterocycles. The Labute approximate surface area is 102 Å². The van der Waals surface area contributed by atoms with E-state index in [0.717, 1.165) is 28.8 Å². The molecular weight excluding hydrogens is 242 g/mol. The molecule has 0 spiro atoms. The summed E-state index contributed by atoms with van der Waals surface area (Å²) in [6.07, 6.45) is 1.60. The topological polar surface area (TPSA) is 38.9 Å². The lowest BCUT2D eigenvalue weighted by atomic mass is 10.3. The summed E-state index contributed by atoms with van der Waals surface area (Å²) in [5, 5.41) is 0. The third kappa shape index (κ3) is 3.01. The molecule has 0 saturated heterocycles. The van der Waals surface area contributed by atoms with E-state index in [1.165, 1.54) is 6.07 Å². The van der Waals surface area contributed by atoms with Crippen LogP contribution in [0.2, 0.25) is 0 Å². The van der Waals surface area contributed by atoms with Crippen molar-refractivity contribution in [2.75, 3.05) is 0 Å². The molecule has 0 aliphatic rings. The number of aromatic nitrogens is 1. The summed E-state index contributed by atoms with van der Waals surface area (Å²) < 4.78 is 26.4. The van der Waals surface area contributed by atoms with E-state index in [2.05, 4.69) is 4.98 Å². The molecule has 2 rings (SSSR count). The standard InChI is InChI=1S/C12H10F2N2S/c13-8-1-2-11(14)12(5-8)17-10-3-4-16-9(6-10)7-15/h1-6H,7,15H2. The third-order valence-corrected chi connectivity index (χ3v) is 3.14. The van der Waals surface area contributed by atoms with Crippen molar-refractivity contribution in [3.8, 4) is 0 Å². The number of pyridine rings is 1. The monoisotopic (exact) mass is 252 g/mol. The summed E-state index contributed by atoms with van der Waals surface area (Å²) in [7, 11) is 0. The Morgan fingerprint density at radius 1 is 1.18 bits per heavy atom. The van der Waals surface area contributed by atoms with E-state index in [1.54, 1.807) is 18.3 Å². The fourth-order valence-electron chi connectivity index (χ4n) is 1.31. The molecule has 5 heteroatoms. The van der Waals surface area contributed by atoms with Crippen LogP contribution in [-0.2, 0) is 6.54 Å². The molecular formula is C12H10F2N2S. The minimum atomic E-state index is -0.456. The first-order chi connectivity index (χ1) is 8.19. The highest BCUT2D eigenvalue weighted by molar-refractivity contribution is 7.99. The SMILES string of the molecule is NCc1cc(Sc2cc(F)ccc2F)ccn1. The van der Waals surface area contributed by atoms with Crippen molar-refractivity contribution in [1.29, 1.82) is 0 Å². The van der Waals surface area contributed by atoms with Gasteiger partial charge in [0.05, 0.1) is 10.6 Å². The van der Waals surface area contributed by atoms with Gasteiger partial charge in [-0.3, -0.25) is 4.98 Å². The van der Waals surface area contributed by atoms with Gasteiger partial charge in [-0.15, -0.1) is 0 Å². The maximum Gasteiger partial charge on any atom is 0.137 e. The van der Waals surface area contributed by atoms with Crippen molar-refractivity contribution in [2.45, 2.75) is 16.3 Å². The van der Waals surface area contributed by atoms with Crippen LogP contribution in [0.3, 0.4) is 0 Å². The summed E-state index contributed by atoms with van der Waals surface area (Å²) in [4.78, 5) is 5.06. The van der Waals surface area contributed by atoms with Gasteiger partial charge in [0, 0.05) is 17.6 Å². The van der Waals surface area contributed by atoms with Gasteiger partial charge in [-0.2, -0.15) is 0 Å². The molecule has 1 aromatic carbocycles. The molecule has 2 aromatic rings. The Bertz CT molecular complexity index is 532. The normalized spacial score (nSPS) is 10.5. The van der Waals surface area contributed by atoms with Crippen LogP contribution in [0.1, 0.15) is 5.69 Å². The van der Waals surface area contributed by atoms with Crippen molar-refractivity contribution >= 4 is 11.8 Å². The van der Waals surface area contributed by atoms with Gasteiger partial charge in [0.15, 0.2) is 0 Å². The van der Waals surface area contributed by atoms with Crippen LogP contribution in [0.5, 0.6) is 0 Å². The lowest BCUT2D eigenvalue weighted by Gasteiger charge is -2.04. The minimum absolute atomic E-state index is 0.249. The number of benzene rings is 1. The molecule has 2 nitrogen and oxygen atoms in total. The first-order valence-electron chi connectivity index (χ1n) is 4.97. The summed E-state index contributed by atoms with van der Waals surface area (Å²) in [6.45, 7) is 0.319. The highest BCUT2D eigenvalue weighted by Crippen LogP contribution is 2.30. The van der Waals surface area contributed by atoms with E-state index in [4.69, 9.17) is 5.73 Å². The molecule has 0 saturated carbocycles. The molecule has 0 bridgehead atoms. The molecule has 17 heavy (non-hydrogen) atoms. The van der Waals surface area contributed by atoms with Gasteiger partial charge >= 0.3 is 0 Å². The quantitative estimate of drug-likeness (QED) is 0.912. The number of hydrogen-bond acceptors (Lipinski definition) is 3. The highest BCUT2D eigenvalue weighted by atomic mass is 32.2. The van der Waals surface area contributed by atoms with E-state index in [1.807, 2.05) is 0 Å². The number of nitrogens with two attached hydrogens (primary N) is 1. The van der Waals surface area contributed by atoms with Gasteiger partial charge in [0.2, 0.25) is 0 Å². The van der Waals surface area contributed by atoms with Crippen LogP contribution in [0.25, 0.3) is 0 Å². The summed E-state index contributed by atoms with van der Waals surface area (Å²) >= 11 is 1.15. The molecule has 1 heterocycles. The fraction of sp³-hybridized carbons (Fsp3) is 0.0833. The number of halogens is 2. The Kier molecular flexibility index (Phi) is 3.71. The average molecular weight is 252 g/mol. The molecule has 0 aliphatic carbocycles. The smallest absolute Gasteiger partial charge is 0.137 e. The van der Waals surface area contributed by atoms with E-state index in [0.29, 0.717) is 12.2 Å². The van der Waals surface area contributed by atoms with Crippen molar-refractivity contribution in [3.63, 3.8) is 0 Å². The van der Waals surface area contributed by atoms with Crippen molar-refractivity contribution < 1.29 is 8.78 Å². The van der Waals surface area contributed by atoms with Crippen molar-refractivity contribution in [3.05, 3.63) is 53.9 Å². The number of hydrogen-bond donors (Lipinski definition) is 1. The largest absolute Gasteiger partial charge is 0.325 e. The van der Waals surface area contributed by atoms with Gasteiger partial charge in [-0.25, -0.2) is 8.78 Å². The van der Waals surface area contributed by atoms with Gasteiger partial charge in [0.25, 0.3) is 0 Å². The third-order valence-electron chi connectivity index (χ3n) is 2.12. The zero-order valence-electron chi connectivity index (χ0n) is 8.86. The highest BCUT2D eigenvalue weighted by Gasteiger charge is 2.06. The first kappa shape index (κ1) is 12.0. The predicted molar refractivity (Wildman–Crippen MR) is 62.6 cm³/mol. The molecule has 0 atom stereocenters. The van der Waals surface area contributed by atoms with E-state index < -0.39 is 11.6 Å². The maximum atomic E-state index is 13.4. The van der Waals surface area contributed by atoms with Crippen LogP contribution in [-0.4, -0.2) is 4.98 Å². The zero-order chi connectivity index (χ0) is 12.3. The maximum absolute atomic E-state index is 13.4. The second-order valence-corrected chi connectivity index (χ2v) is 4.48. The fourth-order valence-corrected chi connectivity index (χ4v) is 2.23. The molecule has 0 amide bonds. The second kappa shape index (κ2) is 5.25. The number of rotatable bonds is 3. The Morgan fingerprint density at radius 2 is 2.00 bits per heavy atom. The van der Waals surface area contributed by atoms with Gasteiger partial charge in [-0.1, -0.05) is 11.8 Å². The van der Waals surface area contributed by atoms with Crippen LogP contribution >= 0.6 is 11.8 Å². The van der Waals surface area contributed by atoms with E-state index in [-0.39, 0.29) is 4.90 Å². The van der Waals surface area contributed by atoms with Crippen molar-refractivity contribution in [1.82, 2.24) is 4.98 Å². The predicted octanol–water partition coefficient (Wildman–Crippen LogP) is 2.97. The molecule has 0 fully saturated rings. The van der Waals surface area contributed by atoms with Crippen LogP contribution in [0.15, 0.2) is 46.3 Å². The number of nitrogens with zero attached hydrogens (tertiary/aromatic N) is 1. The summed E-state index contributed by atoms with van der Waals surface area (Å²) in [6, 6.07) is 6.87. The average Bonchev–Trinajstić information content (AvgIpc) is 2.34. The molecule has 1 aromatic heterocycles. The van der Waals surface area contributed by atoms with Crippen LogP contribution in [0.4, 0.5) is 8.78 Å². The zero-order valence-corrected chi connectivity index (χ0v) is 9.68. The molecule has 0 radical (unpaired) electrons. The Morgan fingerprint density at radius 3 is 2.76 bits per heavy atom. The van der Waals surface area contributed by atoms with Crippen LogP contribution in [0, 0.1) is 11.6 Å². The molecule has 88 valence electrons. The second-order valence-electron chi connectivity index (χ2n) is 3.36. The lowest BCUT2D eigenvalue weighted by molar-refractivity contribution is 0.577. The Balaban J connectivity index is 2.27. The van der Waals surface area contributed by atoms with E-state index in [9.17, 15) is 8.78 Å². The minimum Gasteiger partial charge on any atom is -0.325 e. The van der Waals surface area contributed by atoms with Crippen LogP contribution < -0.4 is 5.73 Å². The Hall–Kier alpha value is -1.46. The van der Waals surface area contributed by atoms with Gasteiger partial charge < -0.3 is 5.73 Å². The van der Waals surface area contributed by atoms with Crippen molar-refractivity contribution in [2.24, 2.45) is 5.73 Å².